The van der Waals surface area contributed by atoms with Crippen LogP contribution in [0.3, 0.4) is 0 Å². The molecule has 1 amide bonds. The first-order valence-corrected chi connectivity index (χ1v) is 10.1. The molecule has 0 fully saturated rings. The highest BCUT2D eigenvalue weighted by Crippen LogP contribution is 2.22. The van der Waals surface area contributed by atoms with E-state index >= 15 is 0 Å². The van der Waals surface area contributed by atoms with Crippen LogP contribution < -0.4 is 10.1 Å². The van der Waals surface area contributed by atoms with Crippen LogP contribution in [0, 0.1) is 6.92 Å². The molecule has 4 aromatic rings. The van der Waals surface area contributed by atoms with E-state index in [2.05, 4.69) is 21.6 Å². The Hall–Kier alpha value is -3.32. The number of fused-ring (bicyclic) bond motifs is 1. The van der Waals surface area contributed by atoms with Gasteiger partial charge >= 0.3 is 0 Å². The number of aryl methyl sites for hydroxylation is 1. The van der Waals surface area contributed by atoms with E-state index in [-0.39, 0.29) is 18.3 Å². The van der Waals surface area contributed by atoms with E-state index in [0.717, 1.165) is 27.8 Å². The highest BCUT2D eigenvalue weighted by atomic mass is 32.2. The average Bonchev–Trinajstić information content (AvgIpc) is 3.18. The molecule has 146 valence electrons. The van der Waals surface area contributed by atoms with E-state index < -0.39 is 0 Å². The third-order valence-corrected chi connectivity index (χ3v) is 4.98. The molecule has 1 aromatic heterocycles. The summed E-state index contributed by atoms with van der Waals surface area (Å²) in [4.78, 5) is 12.1. The van der Waals surface area contributed by atoms with Crippen molar-refractivity contribution in [1.29, 1.82) is 0 Å². The molecule has 29 heavy (non-hydrogen) atoms. The summed E-state index contributed by atoms with van der Waals surface area (Å²) in [6.07, 6.45) is 0. The molecule has 0 aliphatic carbocycles. The van der Waals surface area contributed by atoms with Crippen LogP contribution in [0.4, 0.5) is 5.69 Å². The molecule has 3 aromatic carbocycles. The van der Waals surface area contributed by atoms with E-state index in [1.54, 1.807) is 0 Å². The highest BCUT2D eigenvalue weighted by molar-refractivity contribution is 7.99. The number of carbonyl (C=O) groups is 1. The van der Waals surface area contributed by atoms with Crippen LogP contribution in [0.15, 0.2) is 76.4 Å². The lowest BCUT2D eigenvalue weighted by Crippen LogP contribution is -2.13. The molecule has 0 bridgehead atoms. The summed E-state index contributed by atoms with van der Waals surface area (Å²) >= 11 is 1.19. The number of nitrogens with zero attached hydrogens (tertiary/aromatic N) is 2. The summed E-state index contributed by atoms with van der Waals surface area (Å²) in [6, 6.07) is 21.6. The minimum absolute atomic E-state index is 0.132. The number of hydrogen-bond acceptors (Lipinski definition) is 6. The smallest absolute Gasteiger partial charge is 0.277 e. The number of rotatable bonds is 7. The third-order valence-electron chi connectivity index (χ3n) is 4.16. The summed E-state index contributed by atoms with van der Waals surface area (Å²) in [7, 11) is 0. The molecule has 0 saturated heterocycles. The predicted molar refractivity (Wildman–Crippen MR) is 113 cm³/mol. The van der Waals surface area contributed by atoms with Crippen molar-refractivity contribution in [3.05, 3.63) is 78.2 Å². The fourth-order valence-electron chi connectivity index (χ4n) is 2.80. The predicted octanol–water partition coefficient (Wildman–Crippen LogP) is 4.84. The first kappa shape index (κ1) is 19.0. The van der Waals surface area contributed by atoms with Crippen molar-refractivity contribution in [3.8, 4) is 5.75 Å². The maximum Gasteiger partial charge on any atom is 0.277 e. The Morgan fingerprint density at radius 3 is 2.76 bits per heavy atom. The number of amides is 1. The van der Waals surface area contributed by atoms with Crippen molar-refractivity contribution in [1.82, 2.24) is 10.2 Å². The van der Waals surface area contributed by atoms with Gasteiger partial charge < -0.3 is 14.5 Å². The molecular formula is C22H19N3O3S. The number of thioether (sulfide) groups is 1. The summed E-state index contributed by atoms with van der Waals surface area (Å²) in [5, 5.41) is 13.4. The molecule has 0 atom stereocenters. The molecule has 1 N–H and O–H groups in total. The largest absolute Gasteiger partial charge is 0.484 e. The van der Waals surface area contributed by atoms with Crippen LogP contribution in [0.2, 0.25) is 0 Å². The van der Waals surface area contributed by atoms with Crippen LogP contribution in [0.1, 0.15) is 11.5 Å². The Labute approximate surface area is 172 Å². The van der Waals surface area contributed by atoms with Crippen molar-refractivity contribution in [3.63, 3.8) is 0 Å². The van der Waals surface area contributed by atoms with Crippen molar-refractivity contribution >= 4 is 34.1 Å². The molecular weight excluding hydrogens is 386 g/mol. The number of hydrogen-bond donors (Lipinski definition) is 1. The van der Waals surface area contributed by atoms with Crippen molar-refractivity contribution in [2.75, 3.05) is 11.1 Å². The van der Waals surface area contributed by atoms with Crippen LogP contribution in [0.5, 0.6) is 5.75 Å². The molecule has 0 radical (unpaired) electrons. The second kappa shape index (κ2) is 8.79. The third kappa shape index (κ3) is 5.14. The molecule has 4 rings (SSSR count). The standard InChI is InChI=1S/C22H19N3O3S/c1-15-5-4-8-18(11-15)23-20(26)14-29-22-25-24-21(28-22)13-27-19-10-9-16-6-2-3-7-17(16)12-19/h2-12H,13-14H2,1H3,(H,23,26). The van der Waals surface area contributed by atoms with Crippen LogP contribution >= 0.6 is 11.8 Å². The molecule has 6 nitrogen and oxygen atoms in total. The topological polar surface area (TPSA) is 77.2 Å². The lowest BCUT2D eigenvalue weighted by atomic mass is 10.1. The molecule has 0 spiro atoms. The van der Waals surface area contributed by atoms with Crippen molar-refractivity contribution < 1.29 is 13.9 Å². The number of aromatic nitrogens is 2. The second-order valence-corrected chi connectivity index (χ2v) is 7.39. The van der Waals surface area contributed by atoms with Gasteiger partial charge in [0.05, 0.1) is 5.75 Å². The molecule has 0 saturated carbocycles. The Morgan fingerprint density at radius 2 is 1.90 bits per heavy atom. The van der Waals surface area contributed by atoms with Gasteiger partial charge in [-0.05, 0) is 47.5 Å². The number of benzene rings is 3. The minimum Gasteiger partial charge on any atom is -0.484 e. The Morgan fingerprint density at radius 1 is 1.03 bits per heavy atom. The van der Waals surface area contributed by atoms with Gasteiger partial charge in [0.2, 0.25) is 5.91 Å². The summed E-state index contributed by atoms with van der Waals surface area (Å²) in [5.41, 5.74) is 1.86. The first-order chi connectivity index (χ1) is 14.2. The maximum absolute atomic E-state index is 12.1. The fraction of sp³-hybridized carbons (Fsp3) is 0.136. The molecule has 0 aliphatic rings. The zero-order valence-electron chi connectivity index (χ0n) is 15.8. The van der Waals surface area contributed by atoms with Crippen molar-refractivity contribution in [2.24, 2.45) is 0 Å². The van der Waals surface area contributed by atoms with Crippen molar-refractivity contribution in [2.45, 2.75) is 18.8 Å². The van der Waals surface area contributed by atoms with Gasteiger partial charge in [0.25, 0.3) is 11.1 Å². The second-order valence-electron chi connectivity index (χ2n) is 6.47. The van der Waals surface area contributed by atoms with E-state index in [9.17, 15) is 4.79 Å². The maximum atomic E-state index is 12.1. The minimum atomic E-state index is -0.132. The van der Waals surface area contributed by atoms with Crippen LogP contribution in [0.25, 0.3) is 10.8 Å². The van der Waals surface area contributed by atoms with Gasteiger partial charge in [0.15, 0.2) is 6.61 Å². The van der Waals surface area contributed by atoms with Gasteiger partial charge in [0.1, 0.15) is 5.75 Å². The molecule has 0 unspecified atom stereocenters. The Bertz CT molecular complexity index is 1140. The number of anilines is 1. The van der Waals surface area contributed by atoms with E-state index in [4.69, 9.17) is 9.15 Å². The summed E-state index contributed by atoms with van der Waals surface area (Å²) in [6.45, 7) is 2.14. The Balaban J connectivity index is 1.28. The van der Waals surface area contributed by atoms with E-state index in [0.29, 0.717) is 11.1 Å². The zero-order valence-corrected chi connectivity index (χ0v) is 16.6. The monoisotopic (exact) mass is 405 g/mol. The van der Waals surface area contributed by atoms with Gasteiger partial charge in [-0.3, -0.25) is 4.79 Å². The summed E-state index contributed by atoms with van der Waals surface area (Å²) < 4.78 is 11.3. The SMILES string of the molecule is Cc1cccc(NC(=O)CSc2nnc(COc3ccc4ccccc4c3)o2)c1. The Kier molecular flexibility index (Phi) is 5.76. The van der Waals surface area contributed by atoms with E-state index in [1.807, 2.05) is 67.6 Å². The van der Waals surface area contributed by atoms with Gasteiger partial charge in [-0.2, -0.15) is 0 Å². The van der Waals surface area contributed by atoms with Crippen LogP contribution in [-0.2, 0) is 11.4 Å². The molecule has 1 heterocycles. The first-order valence-electron chi connectivity index (χ1n) is 9.09. The lowest BCUT2D eigenvalue weighted by Gasteiger charge is -2.05. The fourth-order valence-corrected chi connectivity index (χ4v) is 3.38. The lowest BCUT2D eigenvalue weighted by molar-refractivity contribution is -0.113. The number of ether oxygens (including phenoxy) is 1. The van der Waals surface area contributed by atoms with Gasteiger partial charge in [0, 0.05) is 5.69 Å². The van der Waals surface area contributed by atoms with Crippen LogP contribution in [-0.4, -0.2) is 21.9 Å². The zero-order chi connectivity index (χ0) is 20.1. The average molecular weight is 405 g/mol. The molecule has 7 heteroatoms. The quantitative estimate of drug-likeness (QED) is 0.443. The van der Waals surface area contributed by atoms with Gasteiger partial charge in [-0.1, -0.05) is 54.2 Å². The highest BCUT2D eigenvalue weighted by Gasteiger charge is 2.11. The number of carbonyl (C=O) groups excluding carboxylic acids is 1. The van der Waals surface area contributed by atoms with Gasteiger partial charge in [-0.15, -0.1) is 10.2 Å². The van der Waals surface area contributed by atoms with E-state index in [1.165, 1.54) is 11.8 Å². The van der Waals surface area contributed by atoms with Gasteiger partial charge in [-0.25, -0.2) is 0 Å². The number of nitrogens with one attached hydrogen (secondary N) is 1. The summed E-state index contributed by atoms with van der Waals surface area (Å²) in [5.74, 6) is 1.14. The normalized spacial score (nSPS) is 10.8. The molecule has 0 aliphatic heterocycles.